The zero-order chi connectivity index (χ0) is 28.0. The van der Waals surface area contributed by atoms with Crippen molar-refractivity contribution in [2.24, 2.45) is 0 Å². The van der Waals surface area contributed by atoms with Gasteiger partial charge in [0.05, 0.1) is 23.6 Å². The summed E-state index contributed by atoms with van der Waals surface area (Å²) in [6, 6.07) is 29.4. The fourth-order valence-electron chi connectivity index (χ4n) is 4.62. The summed E-state index contributed by atoms with van der Waals surface area (Å²) >= 11 is 0. The van der Waals surface area contributed by atoms with Crippen LogP contribution in [-0.2, 0) is 21.4 Å². The summed E-state index contributed by atoms with van der Waals surface area (Å²) < 4.78 is 44.2. The Morgan fingerprint density at radius 2 is 1.62 bits per heavy atom. The van der Waals surface area contributed by atoms with E-state index < -0.39 is 10.0 Å². The number of para-hydroxylation sites is 1. The largest absolute Gasteiger partial charge is 0.492 e. The predicted octanol–water partition coefficient (Wildman–Crippen LogP) is 5.63. The van der Waals surface area contributed by atoms with Crippen LogP contribution in [0.3, 0.4) is 0 Å². The maximum atomic E-state index is 12.0. The van der Waals surface area contributed by atoms with Crippen LogP contribution in [0.2, 0.25) is 0 Å². The Bertz CT molecular complexity index is 1690. The van der Waals surface area contributed by atoms with Gasteiger partial charge in [-0.3, -0.25) is 4.72 Å². The van der Waals surface area contributed by atoms with Crippen LogP contribution in [0.4, 0.5) is 5.69 Å². The van der Waals surface area contributed by atoms with E-state index in [9.17, 15) is 8.42 Å². The molecule has 40 heavy (non-hydrogen) atoms. The lowest BCUT2D eigenvalue weighted by atomic mass is 10.1. The molecule has 0 aliphatic rings. The first-order chi connectivity index (χ1) is 19.4. The van der Waals surface area contributed by atoms with E-state index in [0.29, 0.717) is 37.7 Å². The standard InChI is InChI=1S/C31H33N3O5S/c1-37-31(20-32-16-17-38-24-13-14-26-25-10-6-7-11-27(25)33-28(26)19-24)23-12-15-30(29(18-23)34-40(2,35)36)39-21-22-8-4-3-5-9-22/h3-15,18-19,31-34H,16-17,20-21H2,1-2H3. The number of nitrogens with one attached hydrogen (secondary N) is 3. The van der Waals surface area contributed by atoms with Gasteiger partial charge in [-0.1, -0.05) is 54.6 Å². The SMILES string of the molecule is COC(CNCCOc1ccc2c(c1)[nH]c1ccccc12)c1ccc(OCc2ccccc2)c(NS(C)(=O)=O)c1. The number of aromatic amines is 1. The highest BCUT2D eigenvalue weighted by Crippen LogP contribution is 2.31. The predicted molar refractivity (Wildman–Crippen MR) is 160 cm³/mol. The summed E-state index contributed by atoms with van der Waals surface area (Å²) in [4.78, 5) is 3.44. The lowest BCUT2D eigenvalue weighted by Gasteiger charge is -2.20. The first kappa shape index (κ1) is 27.5. The number of hydrogen-bond acceptors (Lipinski definition) is 6. The molecule has 1 heterocycles. The van der Waals surface area contributed by atoms with Crippen LogP contribution in [0.15, 0.2) is 91.0 Å². The second-order valence-corrected chi connectivity index (χ2v) is 11.3. The topological polar surface area (TPSA) is 102 Å². The third-order valence-electron chi connectivity index (χ3n) is 6.55. The van der Waals surface area contributed by atoms with Crippen molar-refractivity contribution >= 4 is 37.5 Å². The smallest absolute Gasteiger partial charge is 0.229 e. The molecule has 0 amide bonds. The average molecular weight is 560 g/mol. The van der Waals surface area contributed by atoms with Crippen molar-refractivity contribution in [3.63, 3.8) is 0 Å². The molecule has 0 fully saturated rings. The number of benzene rings is 4. The lowest BCUT2D eigenvalue weighted by Crippen LogP contribution is -2.27. The van der Waals surface area contributed by atoms with E-state index >= 15 is 0 Å². The molecule has 5 rings (SSSR count). The van der Waals surface area contributed by atoms with Gasteiger partial charge in [-0.25, -0.2) is 8.42 Å². The quantitative estimate of drug-likeness (QED) is 0.162. The van der Waals surface area contributed by atoms with E-state index in [1.165, 1.54) is 10.8 Å². The Labute approximate surface area is 234 Å². The summed E-state index contributed by atoms with van der Waals surface area (Å²) in [5, 5.41) is 5.73. The summed E-state index contributed by atoms with van der Waals surface area (Å²) in [5.41, 5.74) is 4.32. The highest BCUT2D eigenvalue weighted by Gasteiger charge is 2.16. The zero-order valence-corrected chi connectivity index (χ0v) is 23.3. The van der Waals surface area contributed by atoms with Gasteiger partial charge in [0.25, 0.3) is 0 Å². The van der Waals surface area contributed by atoms with Crippen molar-refractivity contribution < 1.29 is 22.6 Å². The van der Waals surface area contributed by atoms with E-state index in [2.05, 4.69) is 33.2 Å². The molecular weight excluding hydrogens is 526 g/mol. The van der Waals surface area contributed by atoms with Crippen molar-refractivity contribution in [2.75, 3.05) is 37.8 Å². The van der Waals surface area contributed by atoms with Gasteiger partial charge in [-0.05, 0) is 41.5 Å². The third kappa shape index (κ3) is 6.93. The molecule has 1 atom stereocenters. The highest BCUT2D eigenvalue weighted by atomic mass is 32.2. The summed E-state index contributed by atoms with van der Waals surface area (Å²) in [6.07, 6.45) is 0.817. The molecular formula is C31H33N3O5S. The Morgan fingerprint density at radius 3 is 2.42 bits per heavy atom. The monoisotopic (exact) mass is 559 g/mol. The molecule has 0 aliphatic heterocycles. The van der Waals surface area contributed by atoms with Gasteiger partial charge in [-0.15, -0.1) is 0 Å². The van der Waals surface area contributed by atoms with E-state index in [0.717, 1.165) is 34.2 Å². The Balaban J connectivity index is 1.18. The number of H-pyrrole nitrogens is 1. The van der Waals surface area contributed by atoms with E-state index in [1.807, 2.05) is 60.7 Å². The van der Waals surface area contributed by atoms with Gasteiger partial charge in [0, 0.05) is 42.6 Å². The number of anilines is 1. The van der Waals surface area contributed by atoms with E-state index in [-0.39, 0.29) is 6.10 Å². The van der Waals surface area contributed by atoms with Crippen LogP contribution < -0.4 is 19.5 Å². The van der Waals surface area contributed by atoms with Crippen LogP contribution in [-0.4, -0.2) is 46.5 Å². The molecule has 1 aromatic heterocycles. The van der Waals surface area contributed by atoms with Crippen molar-refractivity contribution in [2.45, 2.75) is 12.7 Å². The van der Waals surface area contributed by atoms with Gasteiger partial charge in [0.1, 0.15) is 24.7 Å². The van der Waals surface area contributed by atoms with Gasteiger partial charge in [-0.2, -0.15) is 0 Å². The molecule has 0 spiro atoms. The average Bonchev–Trinajstić information content (AvgIpc) is 3.32. The zero-order valence-electron chi connectivity index (χ0n) is 22.5. The minimum absolute atomic E-state index is 0.300. The summed E-state index contributed by atoms with van der Waals surface area (Å²) in [5.74, 6) is 1.24. The van der Waals surface area contributed by atoms with Gasteiger partial charge < -0.3 is 24.5 Å². The molecule has 0 radical (unpaired) electrons. The molecule has 8 nitrogen and oxygen atoms in total. The van der Waals surface area contributed by atoms with E-state index in [4.69, 9.17) is 14.2 Å². The number of rotatable bonds is 13. The molecule has 0 aliphatic carbocycles. The number of aromatic nitrogens is 1. The fraction of sp³-hybridized carbons (Fsp3) is 0.226. The number of methoxy groups -OCH3 is 1. The number of fused-ring (bicyclic) bond motifs is 3. The van der Waals surface area contributed by atoms with Gasteiger partial charge in [0.2, 0.25) is 10.0 Å². The van der Waals surface area contributed by atoms with E-state index in [1.54, 1.807) is 19.2 Å². The molecule has 3 N–H and O–H groups in total. The van der Waals surface area contributed by atoms with Crippen molar-refractivity contribution in [1.29, 1.82) is 0 Å². The Kier molecular flexibility index (Phi) is 8.54. The minimum Gasteiger partial charge on any atom is -0.492 e. The van der Waals surface area contributed by atoms with Crippen molar-refractivity contribution in [3.8, 4) is 11.5 Å². The third-order valence-corrected chi connectivity index (χ3v) is 7.14. The first-order valence-electron chi connectivity index (χ1n) is 13.0. The lowest BCUT2D eigenvalue weighted by molar-refractivity contribution is 0.101. The van der Waals surface area contributed by atoms with Crippen molar-refractivity contribution in [1.82, 2.24) is 10.3 Å². The highest BCUT2D eigenvalue weighted by molar-refractivity contribution is 7.92. The Hall–Kier alpha value is -4.05. The molecule has 0 bridgehead atoms. The van der Waals surface area contributed by atoms with Gasteiger partial charge in [0.15, 0.2) is 0 Å². The maximum Gasteiger partial charge on any atom is 0.229 e. The Morgan fingerprint density at radius 1 is 0.850 bits per heavy atom. The fourth-order valence-corrected chi connectivity index (χ4v) is 5.18. The summed E-state index contributed by atoms with van der Waals surface area (Å²) in [6.45, 7) is 1.93. The minimum atomic E-state index is -3.51. The molecule has 5 aromatic rings. The van der Waals surface area contributed by atoms with Crippen LogP contribution in [0.25, 0.3) is 21.8 Å². The molecule has 0 saturated carbocycles. The molecule has 0 saturated heterocycles. The van der Waals surface area contributed by atoms with Gasteiger partial charge >= 0.3 is 0 Å². The summed E-state index contributed by atoms with van der Waals surface area (Å²) in [7, 11) is -1.88. The van der Waals surface area contributed by atoms with Crippen LogP contribution in [0, 0.1) is 0 Å². The normalized spacial score (nSPS) is 12.4. The van der Waals surface area contributed by atoms with Crippen molar-refractivity contribution in [3.05, 3.63) is 102 Å². The second-order valence-electron chi connectivity index (χ2n) is 9.56. The molecule has 1 unspecified atom stereocenters. The molecule has 4 aromatic carbocycles. The number of hydrogen-bond donors (Lipinski definition) is 3. The number of sulfonamides is 1. The first-order valence-corrected chi connectivity index (χ1v) is 14.9. The molecule has 9 heteroatoms. The van der Waals surface area contributed by atoms with Crippen LogP contribution in [0.1, 0.15) is 17.2 Å². The van der Waals surface area contributed by atoms with Crippen LogP contribution in [0.5, 0.6) is 11.5 Å². The van der Waals surface area contributed by atoms with Crippen LogP contribution >= 0.6 is 0 Å². The molecule has 208 valence electrons. The number of ether oxygens (including phenoxy) is 3. The second kappa shape index (κ2) is 12.4. The maximum absolute atomic E-state index is 12.0.